The van der Waals surface area contributed by atoms with E-state index in [0.29, 0.717) is 23.0 Å². The largest absolute Gasteiger partial charge is 0.496 e. The number of benzene rings is 2. The van der Waals surface area contributed by atoms with Crippen LogP contribution in [0.25, 0.3) is 0 Å². The van der Waals surface area contributed by atoms with E-state index in [1.54, 1.807) is 7.11 Å². The molecule has 1 N–H and O–H groups in total. The first-order valence-electron chi connectivity index (χ1n) is 8.91. The zero-order valence-corrected chi connectivity index (χ0v) is 16.8. The molecule has 0 aliphatic carbocycles. The Hall–Kier alpha value is -2.53. The van der Waals surface area contributed by atoms with E-state index in [9.17, 15) is 0 Å². The summed E-state index contributed by atoms with van der Waals surface area (Å²) in [6.45, 7) is 4.80. The van der Waals surface area contributed by atoms with Crippen LogP contribution in [0.5, 0.6) is 5.75 Å². The molecule has 2 aromatic rings. The van der Waals surface area contributed by atoms with E-state index in [2.05, 4.69) is 5.16 Å². The molecule has 3 rings (SSSR count). The number of nitrogens with zero attached hydrogens (tertiary/aromatic N) is 2. The Morgan fingerprint density at radius 1 is 1.37 bits per heavy atom. The van der Waals surface area contributed by atoms with Crippen LogP contribution in [0.2, 0.25) is 5.02 Å². The highest BCUT2D eigenvalue weighted by Gasteiger charge is 2.28. The quantitative estimate of drug-likeness (QED) is 0.594. The normalized spacial score (nSPS) is 15.9. The van der Waals surface area contributed by atoms with Crippen LogP contribution < -0.4 is 4.74 Å². The summed E-state index contributed by atoms with van der Waals surface area (Å²) < 4.78 is 5.61. The van der Waals surface area contributed by atoms with Crippen molar-refractivity contribution in [1.82, 2.24) is 4.90 Å². The van der Waals surface area contributed by atoms with Crippen molar-refractivity contribution in [1.29, 1.82) is 5.41 Å². The fourth-order valence-electron chi connectivity index (χ4n) is 3.14. The van der Waals surface area contributed by atoms with E-state index in [0.717, 1.165) is 34.5 Å². The minimum Gasteiger partial charge on any atom is -0.496 e. The summed E-state index contributed by atoms with van der Waals surface area (Å²) in [6.07, 6.45) is 0.418. The second-order valence-corrected chi connectivity index (χ2v) is 7.05. The molecule has 27 heavy (non-hydrogen) atoms. The molecule has 1 aliphatic heterocycles. The van der Waals surface area contributed by atoms with Gasteiger partial charge >= 0.3 is 0 Å². The molecule has 0 amide bonds. The number of hydrogen-bond donors (Lipinski definition) is 1. The van der Waals surface area contributed by atoms with Gasteiger partial charge in [-0.05, 0) is 43.7 Å². The molecule has 2 aromatic carbocycles. The van der Waals surface area contributed by atoms with Gasteiger partial charge in [-0.2, -0.15) is 0 Å². The topological polar surface area (TPSA) is 57.9 Å². The molecule has 0 spiro atoms. The van der Waals surface area contributed by atoms with Gasteiger partial charge in [-0.25, -0.2) is 0 Å². The van der Waals surface area contributed by atoms with Gasteiger partial charge in [0.25, 0.3) is 0 Å². The van der Waals surface area contributed by atoms with Crippen molar-refractivity contribution in [2.75, 3.05) is 20.7 Å². The third-order valence-electron chi connectivity index (χ3n) is 4.86. The van der Waals surface area contributed by atoms with Gasteiger partial charge < -0.3 is 14.5 Å². The fraction of sp³-hybridized carbons (Fsp3) is 0.333. The van der Waals surface area contributed by atoms with Crippen molar-refractivity contribution in [2.45, 2.75) is 26.4 Å². The Morgan fingerprint density at radius 2 is 2.15 bits per heavy atom. The number of rotatable bonds is 5. The lowest BCUT2D eigenvalue weighted by atomic mass is 9.95. The highest BCUT2D eigenvalue weighted by atomic mass is 35.5. The number of ether oxygens (including phenoxy) is 1. The maximum Gasteiger partial charge on any atom is 0.161 e. The highest BCUT2D eigenvalue weighted by molar-refractivity contribution is 6.31. The van der Waals surface area contributed by atoms with Gasteiger partial charge in [-0.15, -0.1) is 0 Å². The molecule has 5 nitrogen and oxygen atoms in total. The summed E-state index contributed by atoms with van der Waals surface area (Å²) in [4.78, 5) is 7.61. The molecule has 6 heteroatoms. The van der Waals surface area contributed by atoms with Gasteiger partial charge in [0.05, 0.1) is 12.8 Å². The Kier molecular flexibility index (Phi) is 5.71. The summed E-state index contributed by atoms with van der Waals surface area (Å²) in [5.41, 5.74) is 4.63. The number of methoxy groups -OCH3 is 1. The summed E-state index contributed by atoms with van der Waals surface area (Å²) in [6, 6.07) is 11.6. The smallest absolute Gasteiger partial charge is 0.161 e. The van der Waals surface area contributed by atoms with Crippen LogP contribution in [0.1, 0.15) is 41.7 Å². The number of hydrogen-bond acceptors (Lipinski definition) is 4. The second-order valence-electron chi connectivity index (χ2n) is 6.62. The predicted octanol–water partition coefficient (Wildman–Crippen LogP) is 4.80. The third-order valence-corrected chi connectivity index (χ3v) is 5.10. The molecular weight excluding hydrogens is 362 g/mol. The molecular formula is C21H24ClN3O2. The molecule has 0 fully saturated rings. The Labute approximate surface area is 165 Å². The first-order chi connectivity index (χ1) is 12.9. The summed E-state index contributed by atoms with van der Waals surface area (Å²) >= 11 is 6.09. The zero-order chi connectivity index (χ0) is 19.6. The lowest BCUT2D eigenvalue weighted by molar-refractivity contribution is 0.0836. The lowest BCUT2D eigenvalue weighted by Crippen LogP contribution is -2.27. The Balaban J connectivity index is 1.88. The average molecular weight is 386 g/mol. The number of aryl methyl sites for hydroxylation is 1. The van der Waals surface area contributed by atoms with E-state index in [4.69, 9.17) is 26.6 Å². The molecule has 0 bridgehead atoms. The number of oxime groups is 1. The van der Waals surface area contributed by atoms with Gasteiger partial charge in [0.15, 0.2) is 6.10 Å². The molecule has 0 saturated heterocycles. The summed E-state index contributed by atoms with van der Waals surface area (Å²) in [5.74, 6) is 1.18. The van der Waals surface area contributed by atoms with E-state index >= 15 is 0 Å². The van der Waals surface area contributed by atoms with Crippen molar-refractivity contribution < 1.29 is 9.57 Å². The molecule has 1 heterocycles. The van der Waals surface area contributed by atoms with Crippen LogP contribution in [0, 0.1) is 12.3 Å². The Morgan fingerprint density at radius 3 is 2.81 bits per heavy atom. The molecule has 142 valence electrons. The van der Waals surface area contributed by atoms with Crippen molar-refractivity contribution in [3.05, 3.63) is 63.7 Å². The van der Waals surface area contributed by atoms with E-state index < -0.39 is 0 Å². The maximum atomic E-state index is 8.40. The van der Waals surface area contributed by atoms with Crippen LogP contribution in [-0.2, 0) is 4.84 Å². The van der Waals surface area contributed by atoms with Gasteiger partial charge in [0, 0.05) is 41.7 Å². The van der Waals surface area contributed by atoms with Crippen LogP contribution in [0.3, 0.4) is 0 Å². The molecule has 1 unspecified atom stereocenters. The third kappa shape index (κ3) is 3.93. The minimum absolute atomic E-state index is 0.222. The fourth-order valence-corrected chi connectivity index (χ4v) is 3.33. The number of amidine groups is 1. The molecule has 1 aliphatic rings. The first kappa shape index (κ1) is 19.2. The van der Waals surface area contributed by atoms with Crippen LogP contribution in [0.4, 0.5) is 0 Å². The van der Waals surface area contributed by atoms with E-state index in [1.165, 1.54) is 0 Å². The van der Waals surface area contributed by atoms with Crippen LogP contribution in [-0.4, -0.2) is 37.1 Å². The number of nitrogens with one attached hydrogen (secondary N) is 1. The second kappa shape index (κ2) is 8.01. The van der Waals surface area contributed by atoms with Crippen molar-refractivity contribution in [3.63, 3.8) is 0 Å². The van der Waals surface area contributed by atoms with Crippen LogP contribution in [0.15, 0.2) is 41.6 Å². The summed E-state index contributed by atoms with van der Waals surface area (Å²) in [7, 11) is 3.55. The van der Waals surface area contributed by atoms with Crippen molar-refractivity contribution in [3.8, 4) is 5.75 Å². The van der Waals surface area contributed by atoms with Gasteiger partial charge in [-0.1, -0.05) is 28.9 Å². The van der Waals surface area contributed by atoms with Crippen molar-refractivity contribution >= 4 is 23.1 Å². The SMILES string of the molecule is CCN(C)C(=N)c1cc(OC)c(C2CC(c3cccc(Cl)c3)=NO2)cc1C. The standard InChI is InChI=1S/C21H24ClN3O2/c1-5-25(3)21(23)16-11-19(26-4)17(9-13(16)2)20-12-18(24-27-20)14-7-6-8-15(22)10-14/h6-11,20,23H,5,12H2,1-4H3. The average Bonchev–Trinajstić information content (AvgIpc) is 3.16. The number of halogens is 1. The first-order valence-corrected chi connectivity index (χ1v) is 9.29. The maximum absolute atomic E-state index is 8.40. The Bertz CT molecular complexity index is 895. The monoisotopic (exact) mass is 385 g/mol. The minimum atomic E-state index is -0.222. The zero-order valence-electron chi connectivity index (χ0n) is 16.0. The van der Waals surface area contributed by atoms with Gasteiger partial charge in [0.2, 0.25) is 0 Å². The van der Waals surface area contributed by atoms with E-state index in [-0.39, 0.29) is 6.10 Å². The lowest BCUT2D eigenvalue weighted by Gasteiger charge is -2.22. The van der Waals surface area contributed by atoms with Gasteiger partial charge in [-0.3, -0.25) is 5.41 Å². The highest BCUT2D eigenvalue weighted by Crippen LogP contribution is 2.37. The predicted molar refractivity (Wildman–Crippen MR) is 109 cm³/mol. The van der Waals surface area contributed by atoms with E-state index in [1.807, 2.05) is 62.2 Å². The van der Waals surface area contributed by atoms with Crippen molar-refractivity contribution in [2.24, 2.45) is 5.16 Å². The summed E-state index contributed by atoms with van der Waals surface area (Å²) in [5, 5.41) is 13.3. The molecule has 0 aromatic heterocycles. The molecule has 0 radical (unpaired) electrons. The van der Waals surface area contributed by atoms with Gasteiger partial charge in [0.1, 0.15) is 11.6 Å². The molecule has 1 atom stereocenters. The molecule has 0 saturated carbocycles. The van der Waals surface area contributed by atoms with Crippen LogP contribution >= 0.6 is 11.6 Å².